The van der Waals surface area contributed by atoms with E-state index in [1.54, 1.807) is 56.5 Å². The summed E-state index contributed by atoms with van der Waals surface area (Å²) in [6, 6.07) is 14.0. The van der Waals surface area contributed by atoms with Crippen LogP contribution in [0.15, 0.2) is 53.4 Å². The number of methoxy groups -OCH3 is 1. The minimum Gasteiger partial charge on any atom is -0.385 e. The zero-order chi connectivity index (χ0) is 21.0. The summed E-state index contributed by atoms with van der Waals surface area (Å²) >= 11 is 6.23. The van der Waals surface area contributed by atoms with Gasteiger partial charge in [-0.15, -0.1) is 0 Å². The number of hydrogen-bond acceptors (Lipinski definition) is 4. The molecule has 0 saturated heterocycles. The lowest BCUT2D eigenvalue weighted by atomic mass is 9.95. The lowest BCUT2D eigenvalue weighted by Crippen LogP contribution is -2.41. The van der Waals surface area contributed by atoms with Gasteiger partial charge in [0.2, 0.25) is 0 Å². The third-order valence-electron chi connectivity index (χ3n) is 4.64. The summed E-state index contributed by atoms with van der Waals surface area (Å²) in [5.41, 5.74) is 2.11. The maximum absolute atomic E-state index is 13.5. The number of fused-ring (bicyclic) bond motifs is 1. The first kappa shape index (κ1) is 21.4. The highest BCUT2D eigenvalue weighted by Crippen LogP contribution is 2.43. The Morgan fingerprint density at radius 2 is 1.90 bits per heavy atom. The minimum absolute atomic E-state index is 0.194. The zero-order valence-electron chi connectivity index (χ0n) is 16.3. The number of nitrogens with zero attached hydrogens (tertiary/aromatic N) is 1. The molecule has 1 amide bonds. The van der Waals surface area contributed by atoms with Gasteiger partial charge in [0, 0.05) is 43.0 Å². The Balaban J connectivity index is 2.24. The molecule has 1 aliphatic rings. The van der Waals surface area contributed by atoms with E-state index in [1.165, 1.54) is 4.31 Å². The summed E-state index contributed by atoms with van der Waals surface area (Å²) in [5, 5.41) is 3.18. The zero-order valence-corrected chi connectivity index (χ0v) is 17.9. The molecule has 0 radical (unpaired) electrons. The molecule has 1 aliphatic heterocycles. The number of carbonyl (C=O) groups excluding carboxylic acids is 1. The van der Waals surface area contributed by atoms with Crippen molar-refractivity contribution in [2.45, 2.75) is 13.3 Å². The van der Waals surface area contributed by atoms with Crippen LogP contribution in [0, 0.1) is 0 Å². The first-order valence-electron chi connectivity index (χ1n) is 9.31. The molecule has 8 heteroatoms. The fourth-order valence-corrected chi connectivity index (χ4v) is 5.32. The van der Waals surface area contributed by atoms with Crippen LogP contribution in [0.1, 0.15) is 24.5 Å². The molecule has 0 saturated carbocycles. The number of anilines is 1. The van der Waals surface area contributed by atoms with Gasteiger partial charge in [0.25, 0.3) is 15.9 Å². The number of halogens is 1. The largest absolute Gasteiger partial charge is 0.385 e. The molecule has 0 aromatic heterocycles. The molecule has 154 valence electrons. The van der Waals surface area contributed by atoms with E-state index in [-0.39, 0.29) is 11.4 Å². The summed E-state index contributed by atoms with van der Waals surface area (Å²) in [7, 11) is -2.48. The Labute approximate surface area is 176 Å². The van der Waals surface area contributed by atoms with Crippen LogP contribution in [0.4, 0.5) is 5.69 Å². The van der Waals surface area contributed by atoms with Crippen molar-refractivity contribution in [1.82, 2.24) is 5.32 Å². The molecular weight excluding hydrogens is 412 g/mol. The Hall–Kier alpha value is -2.35. The number of benzene rings is 2. The van der Waals surface area contributed by atoms with E-state index < -0.39 is 15.9 Å². The summed E-state index contributed by atoms with van der Waals surface area (Å²) in [5.74, 6) is -0.635. The molecule has 0 unspecified atom stereocenters. The average Bonchev–Trinajstić information content (AvgIpc) is 2.70. The lowest BCUT2D eigenvalue weighted by Gasteiger charge is -2.33. The first-order chi connectivity index (χ1) is 13.9. The van der Waals surface area contributed by atoms with Crippen LogP contribution in [-0.2, 0) is 19.6 Å². The molecule has 0 bridgehead atoms. The second-order valence-corrected chi connectivity index (χ2v) is 8.74. The van der Waals surface area contributed by atoms with E-state index in [9.17, 15) is 13.2 Å². The van der Waals surface area contributed by atoms with E-state index in [2.05, 4.69) is 5.32 Å². The molecule has 29 heavy (non-hydrogen) atoms. The summed E-state index contributed by atoms with van der Waals surface area (Å²) in [6.45, 7) is 2.70. The maximum atomic E-state index is 13.5. The molecular formula is C21H23ClN2O4S. The van der Waals surface area contributed by atoms with E-state index in [0.717, 1.165) is 0 Å². The Morgan fingerprint density at radius 1 is 1.17 bits per heavy atom. The van der Waals surface area contributed by atoms with Gasteiger partial charge < -0.3 is 10.1 Å². The van der Waals surface area contributed by atoms with Crippen molar-refractivity contribution < 1.29 is 17.9 Å². The SMILES string of the molecule is CCN1c2ccc(Cl)cc2C(c2ccccc2)=C(C(=O)NCCCOC)S1(=O)=O. The number of ether oxygens (including phenoxy) is 1. The predicted molar refractivity (Wildman–Crippen MR) is 115 cm³/mol. The van der Waals surface area contributed by atoms with Gasteiger partial charge in [-0.3, -0.25) is 9.10 Å². The van der Waals surface area contributed by atoms with Crippen molar-refractivity contribution in [3.63, 3.8) is 0 Å². The van der Waals surface area contributed by atoms with Gasteiger partial charge in [-0.2, -0.15) is 0 Å². The molecule has 3 rings (SSSR count). The van der Waals surface area contributed by atoms with Gasteiger partial charge in [0.05, 0.1) is 5.69 Å². The molecule has 6 nitrogen and oxygen atoms in total. The van der Waals surface area contributed by atoms with Crippen LogP contribution in [0.25, 0.3) is 5.57 Å². The third-order valence-corrected chi connectivity index (χ3v) is 6.81. The van der Waals surface area contributed by atoms with Crippen LogP contribution in [0.3, 0.4) is 0 Å². The van der Waals surface area contributed by atoms with Crippen molar-refractivity contribution in [3.05, 3.63) is 69.6 Å². The van der Waals surface area contributed by atoms with E-state index in [4.69, 9.17) is 16.3 Å². The van der Waals surface area contributed by atoms with Crippen molar-refractivity contribution in [2.24, 2.45) is 0 Å². The fraction of sp³-hybridized carbons (Fsp3) is 0.286. The highest BCUT2D eigenvalue weighted by atomic mass is 35.5. The predicted octanol–water partition coefficient (Wildman–Crippen LogP) is 3.42. The Morgan fingerprint density at radius 3 is 2.55 bits per heavy atom. The quantitative estimate of drug-likeness (QED) is 0.677. The normalized spacial score (nSPS) is 15.2. The van der Waals surface area contributed by atoms with Crippen molar-refractivity contribution in [3.8, 4) is 0 Å². The third kappa shape index (κ3) is 4.17. The molecule has 2 aromatic carbocycles. The van der Waals surface area contributed by atoms with Crippen LogP contribution in [0.5, 0.6) is 0 Å². The molecule has 1 N–H and O–H groups in total. The van der Waals surface area contributed by atoms with E-state index in [1.807, 2.05) is 6.07 Å². The number of hydrogen-bond donors (Lipinski definition) is 1. The van der Waals surface area contributed by atoms with Crippen LogP contribution in [0.2, 0.25) is 5.02 Å². The van der Waals surface area contributed by atoms with Gasteiger partial charge in [-0.05, 0) is 37.1 Å². The smallest absolute Gasteiger partial charge is 0.270 e. The van der Waals surface area contributed by atoms with Gasteiger partial charge in [0.15, 0.2) is 4.91 Å². The topological polar surface area (TPSA) is 75.7 Å². The Bertz CT molecular complexity index is 1040. The Kier molecular flexibility index (Phi) is 6.62. The number of carbonyl (C=O) groups is 1. The molecule has 1 heterocycles. The number of nitrogens with one attached hydrogen (secondary N) is 1. The van der Waals surface area contributed by atoms with Crippen LogP contribution >= 0.6 is 11.6 Å². The standard InChI is InChI=1S/C21H23ClN2O4S/c1-3-24-18-11-10-16(22)14-17(18)19(15-8-5-4-6-9-15)20(29(24,26)27)21(25)23-12-7-13-28-2/h4-6,8-11,14H,3,7,12-13H2,1-2H3,(H,23,25). The van der Waals surface area contributed by atoms with E-state index in [0.29, 0.717) is 47.0 Å². The second kappa shape index (κ2) is 8.98. The van der Waals surface area contributed by atoms with Crippen LogP contribution < -0.4 is 9.62 Å². The van der Waals surface area contributed by atoms with Crippen molar-refractivity contribution >= 4 is 38.8 Å². The van der Waals surface area contributed by atoms with Crippen molar-refractivity contribution in [2.75, 3.05) is 31.1 Å². The summed E-state index contributed by atoms with van der Waals surface area (Å²) in [6.07, 6.45) is 0.580. The van der Waals surface area contributed by atoms with Gasteiger partial charge in [0.1, 0.15) is 0 Å². The van der Waals surface area contributed by atoms with Crippen LogP contribution in [-0.4, -0.2) is 41.1 Å². The molecule has 0 atom stereocenters. The van der Waals surface area contributed by atoms with Gasteiger partial charge in [-0.25, -0.2) is 8.42 Å². The molecule has 2 aromatic rings. The highest BCUT2D eigenvalue weighted by Gasteiger charge is 2.40. The number of sulfonamides is 1. The minimum atomic E-state index is -4.05. The summed E-state index contributed by atoms with van der Waals surface area (Å²) < 4.78 is 33.1. The monoisotopic (exact) mass is 434 g/mol. The number of rotatable bonds is 7. The molecule has 0 fully saturated rings. The highest BCUT2D eigenvalue weighted by molar-refractivity contribution is 7.97. The van der Waals surface area contributed by atoms with Crippen molar-refractivity contribution in [1.29, 1.82) is 0 Å². The maximum Gasteiger partial charge on any atom is 0.270 e. The second-order valence-electron chi connectivity index (χ2n) is 6.50. The summed E-state index contributed by atoms with van der Waals surface area (Å²) in [4.78, 5) is 12.8. The van der Waals surface area contributed by atoms with Gasteiger partial charge in [-0.1, -0.05) is 41.9 Å². The van der Waals surface area contributed by atoms with Gasteiger partial charge >= 0.3 is 0 Å². The first-order valence-corrected chi connectivity index (χ1v) is 11.1. The molecule has 0 aliphatic carbocycles. The fourth-order valence-electron chi connectivity index (χ4n) is 3.38. The lowest BCUT2D eigenvalue weighted by molar-refractivity contribution is -0.116. The number of amides is 1. The average molecular weight is 435 g/mol. The van der Waals surface area contributed by atoms with E-state index >= 15 is 0 Å². The molecule has 0 spiro atoms.